The van der Waals surface area contributed by atoms with Crippen LogP contribution in [0.15, 0.2) is 65.7 Å². The van der Waals surface area contributed by atoms with Crippen LogP contribution in [0.25, 0.3) is 11.3 Å². The van der Waals surface area contributed by atoms with Crippen molar-refractivity contribution in [2.24, 2.45) is 0 Å². The molecule has 1 aromatic heterocycles. The van der Waals surface area contributed by atoms with Crippen LogP contribution in [0.4, 0.5) is 0 Å². The Bertz CT molecular complexity index is 1030. The van der Waals surface area contributed by atoms with E-state index < -0.39 is 16.2 Å². The average molecular weight is 397 g/mol. The molecule has 3 rings (SSSR count). The van der Waals surface area contributed by atoms with Gasteiger partial charge in [-0.15, -0.1) is 0 Å². The van der Waals surface area contributed by atoms with E-state index in [0.29, 0.717) is 6.42 Å². The summed E-state index contributed by atoms with van der Waals surface area (Å²) in [6.45, 7) is 5.56. The van der Waals surface area contributed by atoms with E-state index >= 15 is 0 Å². The number of hydrogen-bond donors (Lipinski definition) is 0. The Morgan fingerprint density at radius 2 is 1.64 bits per heavy atom. The van der Waals surface area contributed by atoms with Crippen LogP contribution in [0.5, 0.6) is 0 Å². The second-order valence-corrected chi connectivity index (χ2v) is 8.47. The summed E-state index contributed by atoms with van der Waals surface area (Å²) in [4.78, 5) is 8.73. The summed E-state index contributed by atoms with van der Waals surface area (Å²) in [7, 11) is -3.74. The quantitative estimate of drug-likeness (QED) is 0.551. The average Bonchev–Trinajstić information content (AvgIpc) is 2.67. The first kappa shape index (κ1) is 20.2. The minimum Gasteiger partial charge on any atom is -0.263 e. The summed E-state index contributed by atoms with van der Waals surface area (Å²) in [6.07, 6.45) is 2.68. The van der Waals surface area contributed by atoms with E-state index in [2.05, 4.69) is 9.97 Å². The standard InChI is InChI=1S/C22H24N2O3S/c1-16-4-12-21(13-5-16)28(25,26)27-17(2)6-7-19-8-10-20(11-9-19)22-14-15-23-18(3)24-22/h4-5,8-15,17H,6-7H2,1-3H3. The lowest BCUT2D eigenvalue weighted by molar-refractivity contribution is 0.218. The van der Waals surface area contributed by atoms with Gasteiger partial charge in [0, 0.05) is 11.8 Å². The molecule has 3 aromatic rings. The predicted octanol–water partition coefficient (Wildman–Crippen LogP) is 4.49. The largest absolute Gasteiger partial charge is 0.297 e. The van der Waals surface area contributed by atoms with E-state index in [9.17, 15) is 8.42 Å². The third-order valence-electron chi connectivity index (χ3n) is 4.47. The maximum Gasteiger partial charge on any atom is 0.297 e. The Balaban J connectivity index is 1.58. The number of aromatic nitrogens is 2. The number of nitrogens with zero attached hydrogens (tertiary/aromatic N) is 2. The molecule has 5 nitrogen and oxygen atoms in total. The molecule has 6 heteroatoms. The summed E-state index contributed by atoms with van der Waals surface area (Å²) < 4.78 is 30.1. The fourth-order valence-electron chi connectivity index (χ4n) is 2.85. The smallest absolute Gasteiger partial charge is 0.263 e. The van der Waals surface area contributed by atoms with E-state index in [1.54, 1.807) is 37.4 Å². The molecule has 0 spiro atoms. The van der Waals surface area contributed by atoms with Crippen LogP contribution >= 0.6 is 0 Å². The molecule has 2 aromatic carbocycles. The Labute approximate surface area is 166 Å². The van der Waals surface area contributed by atoms with E-state index in [4.69, 9.17) is 4.18 Å². The highest BCUT2D eigenvalue weighted by molar-refractivity contribution is 7.86. The van der Waals surface area contributed by atoms with Crippen molar-refractivity contribution in [2.45, 2.75) is 44.6 Å². The van der Waals surface area contributed by atoms with Gasteiger partial charge in [-0.05, 0) is 57.4 Å². The molecule has 1 heterocycles. The van der Waals surface area contributed by atoms with Crippen molar-refractivity contribution in [1.29, 1.82) is 0 Å². The second kappa shape index (κ2) is 8.63. The number of benzene rings is 2. The first-order valence-corrected chi connectivity index (χ1v) is 10.6. The lowest BCUT2D eigenvalue weighted by Crippen LogP contribution is -2.16. The molecule has 1 atom stereocenters. The third-order valence-corrected chi connectivity index (χ3v) is 5.90. The van der Waals surface area contributed by atoms with Gasteiger partial charge in [0.2, 0.25) is 0 Å². The predicted molar refractivity (Wildman–Crippen MR) is 109 cm³/mol. The van der Waals surface area contributed by atoms with E-state index in [-0.39, 0.29) is 4.90 Å². The van der Waals surface area contributed by atoms with Crippen LogP contribution in [-0.2, 0) is 20.7 Å². The van der Waals surface area contributed by atoms with Crippen molar-refractivity contribution in [3.63, 3.8) is 0 Å². The molecule has 0 aliphatic rings. The summed E-state index contributed by atoms with van der Waals surface area (Å²) in [6, 6.07) is 16.7. The lowest BCUT2D eigenvalue weighted by atomic mass is 10.0. The van der Waals surface area contributed by atoms with Crippen LogP contribution in [0, 0.1) is 13.8 Å². The summed E-state index contributed by atoms with van der Waals surface area (Å²) in [5, 5.41) is 0. The van der Waals surface area contributed by atoms with Gasteiger partial charge in [-0.25, -0.2) is 9.97 Å². The zero-order chi connectivity index (χ0) is 20.1. The van der Waals surface area contributed by atoms with Gasteiger partial charge in [0.15, 0.2) is 0 Å². The second-order valence-electron chi connectivity index (χ2n) is 6.90. The minimum atomic E-state index is -3.74. The molecule has 0 aliphatic heterocycles. The van der Waals surface area contributed by atoms with Gasteiger partial charge in [-0.3, -0.25) is 4.18 Å². The fraction of sp³-hybridized carbons (Fsp3) is 0.273. The van der Waals surface area contributed by atoms with Crippen LogP contribution in [0.2, 0.25) is 0 Å². The summed E-state index contributed by atoms with van der Waals surface area (Å²) in [5.74, 6) is 0.738. The molecular weight excluding hydrogens is 372 g/mol. The molecular formula is C22H24N2O3S. The molecule has 0 radical (unpaired) electrons. The molecule has 0 aliphatic carbocycles. The van der Waals surface area contributed by atoms with Crippen LogP contribution < -0.4 is 0 Å². The molecule has 0 saturated heterocycles. The maximum atomic E-state index is 12.4. The Morgan fingerprint density at radius 1 is 0.964 bits per heavy atom. The maximum absolute atomic E-state index is 12.4. The molecule has 146 valence electrons. The molecule has 0 fully saturated rings. The summed E-state index contributed by atoms with van der Waals surface area (Å²) >= 11 is 0. The molecule has 0 bridgehead atoms. The van der Waals surface area contributed by atoms with Crippen molar-refractivity contribution < 1.29 is 12.6 Å². The normalized spacial score (nSPS) is 12.7. The zero-order valence-electron chi connectivity index (χ0n) is 16.3. The van der Waals surface area contributed by atoms with Crippen molar-refractivity contribution in [3.05, 3.63) is 77.7 Å². The SMILES string of the molecule is Cc1ccc(S(=O)(=O)OC(C)CCc2ccc(-c3ccnc(C)n3)cc2)cc1. The molecule has 0 saturated carbocycles. The van der Waals surface area contributed by atoms with Crippen LogP contribution in [-0.4, -0.2) is 24.5 Å². The van der Waals surface area contributed by atoms with Crippen LogP contribution in [0.3, 0.4) is 0 Å². The van der Waals surface area contributed by atoms with Gasteiger partial charge in [-0.1, -0.05) is 42.0 Å². The van der Waals surface area contributed by atoms with Crippen molar-refractivity contribution in [1.82, 2.24) is 9.97 Å². The van der Waals surface area contributed by atoms with Crippen LogP contribution in [0.1, 0.15) is 30.3 Å². The first-order chi connectivity index (χ1) is 13.3. The molecule has 28 heavy (non-hydrogen) atoms. The Hall–Kier alpha value is -2.57. The van der Waals surface area contributed by atoms with Gasteiger partial charge in [0.25, 0.3) is 10.1 Å². The number of rotatable bonds is 7. The van der Waals surface area contributed by atoms with E-state index in [0.717, 1.165) is 34.6 Å². The third kappa shape index (κ3) is 5.24. The minimum absolute atomic E-state index is 0.189. The van der Waals surface area contributed by atoms with Gasteiger partial charge < -0.3 is 0 Å². The van der Waals surface area contributed by atoms with Gasteiger partial charge in [0.1, 0.15) is 5.82 Å². The topological polar surface area (TPSA) is 69.2 Å². The van der Waals surface area contributed by atoms with Crippen molar-refractivity contribution in [2.75, 3.05) is 0 Å². The summed E-state index contributed by atoms with van der Waals surface area (Å²) in [5.41, 5.74) is 4.05. The number of hydrogen-bond acceptors (Lipinski definition) is 5. The Morgan fingerprint density at radius 3 is 2.29 bits per heavy atom. The van der Waals surface area contributed by atoms with Gasteiger partial charge in [-0.2, -0.15) is 8.42 Å². The monoisotopic (exact) mass is 396 g/mol. The molecule has 0 N–H and O–H groups in total. The van der Waals surface area contributed by atoms with E-state index in [1.165, 1.54) is 0 Å². The molecule has 1 unspecified atom stereocenters. The van der Waals surface area contributed by atoms with Gasteiger partial charge in [0.05, 0.1) is 16.7 Å². The van der Waals surface area contributed by atoms with Crippen molar-refractivity contribution >= 4 is 10.1 Å². The highest BCUT2D eigenvalue weighted by Crippen LogP contribution is 2.20. The van der Waals surface area contributed by atoms with Crippen molar-refractivity contribution in [3.8, 4) is 11.3 Å². The lowest BCUT2D eigenvalue weighted by Gasteiger charge is -2.13. The zero-order valence-corrected chi connectivity index (χ0v) is 17.1. The van der Waals surface area contributed by atoms with Gasteiger partial charge >= 0.3 is 0 Å². The highest BCUT2D eigenvalue weighted by atomic mass is 32.2. The molecule has 0 amide bonds. The highest BCUT2D eigenvalue weighted by Gasteiger charge is 2.18. The van der Waals surface area contributed by atoms with E-state index in [1.807, 2.05) is 44.2 Å². The fourth-order valence-corrected chi connectivity index (χ4v) is 3.96. The first-order valence-electron chi connectivity index (χ1n) is 9.22. The number of aryl methyl sites for hydroxylation is 3. The Kier molecular flexibility index (Phi) is 6.21.